The highest BCUT2D eigenvalue weighted by molar-refractivity contribution is 14.0. The molecular weight excluding hydrogens is 477 g/mol. The Morgan fingerprint density at radius 3 is 2.56 bits per heavy atom. The fraction of sp³-hybridized carbons (Fsp3) is 0.444. The van der Waals surface area contributed by atoms with Gasteiger partial charge in [-0.3, -0.25) is 4.99 Å². The summed E-state index contributed by atoms with van der Waals surface area (Å²) < 4.78 is 11.2. The predicted octanol–water partition coefficient (Wildman–Crippen LogP) is 2.97. The van der Waals surface area contributed by atoms with Crippen molar-refractivity contribution in [2.24, 2.45) is 4.99 Å². The van der Waals surface area contributed by atoms with Gasteiger partial charge in [0.05, 0.1) is 25.9 Å². The molecule has 0 saturated heterocycles. The Kier molecular flexibility index (Phi) is 10.2. The molecule has 1 heterocycles. The number of hydrogen-bond acceptors (Lipinski definition) is 6. The van der Waals surface area contributed by atoms with Crippen LogP contribution >= 0.6 is 35.3 Å². The van der Waals surface area contributed by atoms with Crippen LogP contribution in [-0.2, 0) is 6.54 Å². The van der Waals surface area contributed by atoms with Crippen molar-refractivity contribution in [2.75, 3.05) is 39.7 Å². The molecule has 1 aromatic carbocycles. The molecule has 1 atom stereocenters. The van der Waals surface area contributed by atoms with Gasteiger partial charge >= 0.3 is 0 Å². The molecule has 0 spiro atoms. The van der Waals surface area contributed by atoms with Crippen LogP contribution in [0.1, 0.15) is 12.6 Å². The summed E-state index contributed by atoms with van der Waals surface area (Å²) in [6.45, 7) is 3.22. The Morgan fingerprint density at radius 2 is 1.96 bits per heavy atom. The number of benzene rings is 1. The number of aromatic nitrogens is 1. The molecule has 2 aromatic rings. The number of guanidine groups is 1. The zero-order chi connectivity index (χ0) is 18.9. The molecule has 0 saturated carbocycles. The van der Waals surface area contributed by atoms with Crippen molar-refractivity contribution in [3.63, 3.8) is 0 Å². The third-order valence-corrected chi connectivity index (χ3v) is 4.59. The van der Waals surface area contributed by atoms with E-state index in [2.05, 4.69) is 20.6 Å². The molecule has 2 N–H and O–H groups in total. The van der Waals surface area contributed by atoms with Gasteiger partial charge in [0.25, 0.3) is 0 Å². The van der Waals surface area contributed by atoms with Gasteiger partial charge in [-0.05, 0) is 19.1 Å². The van der Waals surface area contributed by atoms with Gasteiger partial charge in [0.1, 0.15) is 6.10 Å². The standard InChI is InChI=1S/C18H27N5O2S.HI/c1-13(25-16-9-7-6-8-15(16)24-5)10-20-17(19-2)21-11-14-12-26-18(22-14)23(3)4;/h6-9,12-13H,10-11H2,1-5H3,(H2,19,20,21);1H. The van der Waals surface area contributed by atoms with E-state index in [4.69, 9.17) is 9.47 Å². The van der Waals surface area contributed by atoms with Crippen LogP contribution in [-0.4, -0.2) is 51.8 Å². The summed E-state index contributed by atoms with van der Waals surface area (Å²) in [7, 11) is 7.35. The Balaban J connectivity index is 0.00000364. The normalized spacial score (nSPS) is 12.0. The largest absolute Gasteiger partial charge is 0.493 e. The van der Waals surface area contributed by atoms with Gasteiger partial charge in [-0.2, -0.15) is 0 Å². The Morgan fingerprint density at radius 1 is 1.26 bits per heavy atom. The fourth-order valence-electron chi connectivity index (χ4n) is 2.19. The second kappa shape index (κ2) is 11.9. The molecule has 0 aliphatic carbocycles. The molecule has 9 heteroatoms. The first-order chi connectivity index (χ1) is 12.5. The number of para-hydroxylation sites is 2. The maximum atomic E-state index is 5.94. The maximum Gasteiger partial charge on any atom is 0.191 e. The number of methoxy groups -OCH3 is 1. The smallest absolute Gasteiger partial charge is 0.191 e. The molecule has 0 aliphatic rings. The second-order valence-electron chi connectivity index (χ2n) is 5.90. The first-order valence-electron chi connectivity index (χ1n) is 8.39. The SMILES string of the molecule is CN=C(NCc1csc(N(C)C)n1)NCC(C)Oc1ccccc1OC.I. The average molecular weight is 505 g/mol. The van der Waals surface area contributed by atoms with Crippen molar-refractivity contribution >= 4 is 46.4 Å². The van der Waals surface area contributed by atoms with Crippen LogP contribution in [0.5, 0.6) is 11.5 Å². The molecule has 1 aromatic heterocycles. The molecule has 0 aliphatic heterocycles. The number of ether oxygens (including phenoxy) is 2. The summed E-state index contributed by atoms with van der Waals surface area (Å²) in [5, 5.41) is 9.56. The lowest BCUT2D eigenvalue weighted by Crippen LogP contribution is -2.41. The molecule has 150 valence electrons. The number of hydrogen-bond donors (Lipinski definition) is 2. The average Bonchev–Trinajstić information content (AvgIpc) is 3.11. The van der Waals surface area contributed by atoms with Crippen LogP contribution < -0.4 is 25.0 Å². The number of aliphatic imine (C=N–C) groups is 1. The lowest BCUT2D eigenvalue weighted by Gasteiger charge is -2.18. The molecule has 0 bridgehead atoms. The minimum Gasteiger partial charge on any atom is -0.493 e. The number of halogens is 1. The molecule has 0 amide bonds. The van der Waals surface area contributed by atoms with Gasteiger partial charge in [-0.15, -0.1) is 35.3 Å². The summed E-state index contributed by atoms with van der Waals surface area (Å²) >= 11 is 1.62. The van der Waals surface area contributed by atoms with Gasteiger partial charge in [0.2, 0.25) is 0 Å². The van der Waals surface area contributed by atoms with Crippen molar-refractivity contribution in [3.05, 3.63) is 35.3 Å². The number of rotatable bonds is 8. The summed E-state index contributed by atoms with van der Waals surface area (Å²) in [4.78, 5) is 10.8. The maximum absolute atomic E-state index is 5.94. The van der Waals surface area contributed by atoms with Crippen LogP contribution in [0.3, 0.4) is 0 Å². The highest BCUT2D eigenvalue weighted by Crippen LogP contribution is 2.26. The zero-order valence-electron chi connectivity index (χ0n) is 16.4. The van der Waals surface area contributed by atoms with E-state index in [0.717, 1.165) is 22.3 Å². The van der Waals surface area contributed by atoms with Gasteiger partial charge in [-0.25, -0.2) is 4.98 Å². The molecule has 0 fully saturated rings. The number of anilines is 1. The van der Waals surface area contributed by atoms with Gasteiger partial charge < -0.3 is 25.0 Å². The third kappa shape index (κ3) is 7.41. The Bertz CT molecular complexity index is 723. The van der Waals surface area contributed by atoms with Crippen molar-refractivity contribution in [2.45, 2.75) is 19.6 Å². The first kappa shape index (κ1) is 23.3. The van der Waals surface area contributed by atoms with Crippen LogP contribution in [0, 0.1) is 0 Å². The number of nitrogens with one attached hydrogen (secondary N) is 2. The van der Waals surface area contributed by atoms with Gasteiger partial charge in [0, 0.05) is 26.5 Å². The topological polar surface area (TPSA) is 71.0 Å². The van der Waals surface area contributed by atoms with Crippen molar-refractivity contribution in [1.29, 1.82) is 0 Å². The van der Waals surface area contributed by atoms with E-state index in [1.165, 1.54) is 0 Å². The Labute approximate surface area is 182 Å². The quantitative estimate of drug-likeness (QED) is 0.327. The lowest BCUT2D eigenvalue weighted by molar-refractivity contribution is 0.213. The van der Waals surface area contributed by atoms with Gasteiger partial charge in [0.15, 0.2) is 22.6 Å². The van der Waals surface area contributed by atoms with Crippen molar-refractivity contribution in [1.82, 2.24) is 15.6 Å². The van der Waals surface area contributed by atoms with E-state index >= 15 is 0 Å². The number of nitrogens with zero attached hydrogens (tertiary/aromatic N) is 3. The molecular formula is C18H28IN5O2S. The highest BCUT2D eigenvalue weighted by Gasteiger charge is 2.10. The van der Waals surface area contributed by atoms with E-state index in [9.17, 15) is 0 Å². The summed E-state index contributed by atoms with van der Waals surface area (Å²) in [6, 6.07) is 7.62. The predicted molar refractivity (Wildman–Crippen MR) is 123 cm³/mol. The molecule has 2 rings (SSSR count). The van der Waals surface area contributed by atoms with Crippen LogP contribution in [0.25, 0.3) is 0 Å². The van der Waals surface area contributed by atoms with E-state index < -0.39 is 0 Å². The summed E-state index contributed by atoms with van der Waals surface area (Å²) in [5.74, 6) is 2.16. The molecule has 0 radical (unpaired) electrons. The van der Waals surface area contributed by atoms with E-state index in [0.29, 0.717) is 19.0 Å². The van der Waals surface area contributed by atoms with Crippen molar-refractivity contribution in [3.8, 4) is 11.5 Å². The van der Waals surface area contributed by atoms with Crippen molar-refractivity contribution < 1.29 is 9.47 Å². The fourth-order valence-corrected chi connectivity index (χ4v) is 2.95. The number of thiazole rings is 1. The van der Waals surface area contributed by atoms with Crippen LogP contribution in [0.2, 0.25) is 0 Å². The molecule has 7 nitrogen and oxygen atoms in total. The summed E-state index contributed by atoms with van der Waals surface area (Å²) in [5.41, 5.74) is 0.986. The highest BCUT2D eigenvalue weighted by atomic mass is 127. The van der Waals surface area contributed by atoms with E-state index in [-0.39, 0.29) is 30.1 Å². The summed E-state index contributed by atoms with van der Waals surface area (Å²) in [6.07, 6.45) is -0.0514. The van der Waals surface area contributed by atoms with Crippen LogP contribution in [0.15, 0.2) is 34.6 Å². The third-order valence-electron chi connectivity index (χ3n) is 3.54. The van der Waals surface area contributed by atoms with Crippen LogP contribution in [0.4, 0.5) is 5.13 Å². The lowest BCUT2D eigenvalue weighted by atomic mass is 10.3. The molecule has 27 heavy (non-hydrogen) atoms. The Hall–Kier alpha value is -1.75. The monoisotopic (exact) mass is 505 g/mol. The second-order valence-corrected chi connectivity index (χ2v) is 6.74. The first-order valence-corrected chi connectivity index (χ1v) is 9.27. The minimum atomic E-state index is -0.0514. The van der Waals surface area contributed by atoms with Gasteiger partial charge in [-0.1, -0.05) is 12.1 Å². The minimum absolute atomic E-state index is 0. The zero-order valence-corrected chi connectivity index (χ0v) is 19.5. The van der Waals surface area contributed by atoms with E-state index in [1.807, 2.05) is 55.6 Å². The molecule has 1 unspecified atom stereocenters. The van der Waals surface area contributed by atoms with E-state index in [1.54, 1.807) is 25.5 Å².